The van der Waals surface area contributed by atoms with E-state index in [0.717, 1.165) is 13.0 Å². The monoisotopic (exact) mass is 184 g/mol. The zero-order valence-corrected chi connectivity index (χ0v) is 8.60. The highest BCUT2D eigenvalue weighted by Gasteiger charge is 2.16. The van der Waals surface area contributed by atoms with Gasteiger partial charge in [0.2, 0.25) is 5.91 Å². The summed E-state index contributed by atoms with van der Waals surface area (Å²) in [4.78, 5) is 11.4. The summed E-state index contributed by atoms with van der Waals surface area (Å²) >= 11 is 0. The molecule has 0 saturated carbocycles. The molecule has 1 amide bonds. The van der Waals surface area contributed by atoms with Crippen LogP contribution in [0.25, 0.3) is 0 Å². The molecule has 0 aliphatic carbocycles. The standard InChI is InChI=1S/C10H20N2O/c1-8(2)12-10(13)7-9-5-3-4-6-11-9/h8-9,11H,3-7H2,1-2H3,(H,12,13)/t9-/m1/s1. The Balaban J connectivity index is 2.18. The van der Waals surface area contributed by atoms with Crippen LogP contribution in [0.15, 0.2) is 0 Å². The van der Waals surface area contributed by atoms with Crippen LogP contribution in [0.4, 0.5) is 0 Å². The topological polar surface area (TPSA) is 41.1 Å². The molecule has 0 aromatic rings. The third kappa shape index (κ3) is 4.27. The van der Waals surface area contributed by atoms with Gasteiger partial charge in [-0.15, -0.1) is 0 Å². The van der Waals surface area contributed by atoms with Gasteiger partial charge in [0.25, 0.3) is 0 Å². The molecule has 1 aliphatic heterocycles. The van der Waals surface area contributed by atoms with E-state index in [-0.39, 0.29) is 11.9 Å². The second-order valence-electron chi connectivity index (χ2n) is 4.07. The van der Waals surface area contributed by atoms with E-state index in [9.17, 15) is 4.79 Å². The highest BCUT2D eigenvalue weighted by atomic mass is 16.1. The summed E-state index contributed by atoms with van der Waals surface area (Å²) < 4.78 is 0. The first-order chi connectivity index (χ1) is 6.18. The van der Waals surface area contributed by atoms with Crippen molar-refractivity contribution in [1.29, 1.82) is 0 Å². The van der Waals surface area contributed by atoms with E-state index >= 15 is 0 Å². The molecule has 1 aliphatic rings. The van der Waals surface area contributed by atoms with Crippen LogP contribution in [0.3, 0.4) is 0 Å². The molecule has 0 radical (unpaired) electrons. The average Bonchev–Trinajstić information content (AvgIpc) is 2.04. The van der Waals surface area contributed by atoms with E-state index in [1.165, 1.54) is 12.8 Å². The van der Waals surface area contributed by atoms with E-state index in [2.05, 4.69) is 10.6 Å². The van der Waals surface area contributed by atoms with Gasteiger partial charge in [-0.25, -0.2) is 0 Å². The molecule has 76 valence electrons. The van der Waals surface area contributed by atoms with Crippen molar-refractivity contribution in [2.24, 2.45) is 0 Å². The summed E-state index contributed by atoms with van der Waals surface area (Å²) in [7, 11) is 0. The van der Waals surface area contributed by atoms with E-state index in [0.29, 0.717) is 12.5 Å². The lowest BCUT2D eigenvalue weighted by Crippen LogP contribution is -2.40. The van der Waals surface area contributed by atoms with Crippen molar-refractivity contribution < 1.29 is 4.79 Å². The number of piperidine rings is 1. The normalized spacial score (nSPS) is 23.2. The first kappa shape index (κ1) is 10.5. The second-order valence-corrected chi connectivity index (χ2v) is 4.07. The number of rotatable bonds is 3. The minimum Gasteiger partial charge on any atom is -0.354 e. The molecule has 1 heterocycles. The first-order valence-electron chi connectivity index (χ1n) is 5.21. The van der Waals surface area contributed by atoms with Crippen LogP contribution in [0.1, 0.15) is 39.5 Å². The van der Waals surface area contributed by atoms with E-state index < -0.39 is 0 Å². The summed E-state index contributed by atoms with van der Waals surface area (Å²) in [5.74, 6) is 0.175. The number of carbonyl (C=O) groups is 1. The van der Waals surface area contributed by atoms with Crippen LogP contribution >= 0.6 is 0 Å². The average molecular weight is 184 g/mol. The van der Waals surface area contributed by atoms with Crippen LogP contribution in [0, 0.1) is 0 Å². The zero-order valence-electron chi connectivity index (χ0n) is 8.60. The third-order valence-corrected chi connectivity index (χ3v) is 2.29. The van der Waals surface area contributed by atoms with Crippen molar-refractivity contribution >= 4 is 5.91 Å². The molecule has 13 heavy (non-hydrogen) atoms. The van der Waals surface area contributed by atoms with Crippen molar-refractivity contribution in [3.05, 3.63) is 0 Å². The maximum absolute atomic E-state index is 11.4. The third-order valence-electron chi connectivity index (χ3n) is 2.29. The first-order valence-corrected chi connectivity index (χ1v) is 5.21. The molecule has 0 unspecified atom stereocenters. The van der Waals surface area contributed by atoms with Gasteiger partial charge in [-0.05, 0) is 33.2 Å². The minimum atomic E-state index is 0.175. The van der Waals surface area contributed by atoms with Gasteiger partial charge in [-0.2, -0.15) is 0 Å². The molecule has 3 heteroatoms. The quantitative estimate of drug-likeness (QED) is 0.688. The van der Waals surface area contributed by atoms with Crippen LogP contribution < -0.4 is 10.6 Å². The molecular weight excluding hydrogens is 164 g/mol. The predicted octanol–water partition coefficient (Wildman–Crippen LogP) is 1.04. The lowest BCUT2D eigenvalue weighted by molar-refractivity contribution is -0.122. The molecule has 0 spiro atoms. The number of hydrogen-bond donors (Lipinski definition) is 2. The van der Waals surface area contributed by atoms with E-state index in [4.69, 9.17) is 0 Å². The Kier molecular flexibility index (Phi) is 4.22. The van der Waals surface area contributed by atoms with Gasteiger partial charge >= 0.3 is 0 Å². The fraction of sp³-hybridized carbons (Fsp3) is 0.900. The molecule has 1 fully saturated rings. The van der Waals surface area contributed by atoms with Gasteiger partial charge in [0.05, 0.1) is 0 Å². The number of amides is 1. The summed E-state index contributed by atoms with van der Waals surface area (Å²) in [6.45, 7) is 5.05. The Morgan fingerprint density at radius 2 is 2.31 bits per heavy atom. The Hall–Kier alpha value is -0.570. The second kappa shape index (κ2) is 5.22. The molecule has 3 nitrogen and oxygen atoms in total. The van der Waals surface area contributed by atoms with Crippen molar-refractivity contribution in [2.45, 2.75) is 51.6 Å². The van der Waals surface area contributed by atoms with Gasteiger partial charge in [-0.1, -0.05) is 6.42 Å². The number of nitrogens with one attached hydrogen (secondary N) is 2. The maximum atomic E-state index is 11.4. The summed E-state index contributed by atoms with van der Waals surface area (Å²) in [5, 5.41) is 6.27. The summed E-state index contributed by atoms with van der Waals surface area (Å²) in [5.41, 5.74) is 0. The molecule has 0 aromatic heterocycles. The Morgan fingerprint density at radius 3 is 2.85 bits per heavy atom. The highest BCUT2D eigenvalue weighted by Crippen LogP contribution is 2.09. The van der Waals surface area contributed by atoms with Crippen LogP contribution in [-0.2, 0) is 4.79 Å². The number of carbonyl (C=O) groups excluding carboxylic acids is 1. The fourth-order valence-electron chi connectivity index (χ4n) is 1.70. The predicted molar refractivity (Wildman–Crippen MR) is 53.5 cm³/mol. The molecule has 1 rings (SSSR count). The lowest BCUT2D eigenvalue weighted by atomic mass is 10.0. The zero-order chi connectivity index (χ0) is 9.68. The molecule has 2 N–H and O–H groups in total. The van der Waals surface area contributed by atoms with Gasteiger partial charge in [0, 0.05) is 18.5 Å². The van der Waals surface area contributed by atoms with Gasteiger partial charge in [0.15, 0.2) is 0 Å². The summed E-state index contributed by atoms with van der Waals surface area (Å²) in [6.07, 6.45) is 4.29. The van der Waals surface area contributed by atoms with Gasteiger partial charge in [0.1, 0.15) is 0 Å². The van der Waals surface area contributed by atoms with Crippen molar-refractivity contribution in [3.8, 4) is 0 Å². The molecular formula is C10H20N2O. The number of hydrogen-bond acceptors (Lipinski definition) is 2. The van der Waals surface area contributed by atoms with E-state index in [1.807, 2.05) is 13.8 Å². The minimum absolute atomic E-state index is 0.175. The molecule has 1 atom stereocenters. The lowest BCUT2D eigenvalue weighted by Gasteiger charge is -2.23. The SMILES string of the molecule is CC(C)NC(=O)C[C@H]1CCCCN1. The highest BCUT2D eigenvalue weighted by molar-refractivity contribution is 5.76. The van der Waals surface area contributed by atoms with Crippen LogP contribution in [0.2, 0.25) is 0 Å². The maximum Gasteiger partial charge on any atom is 0.221 e. The smallest absolute Gasteiger partial charge is 0.221 e. The van der Waals surface area contributed by atoms with E-state index in [1.54, 1.807) is 0 Å². The summed E-state index contributed by atoms with van der Waals surface area (Å²) in [6, 6.07) is 0.670. The van der Waals surface area contributed by atoms with Gasteiger partial charge < -0.3 is 10.6 Å². The van der Waals surface area contributed by atoms with Crippen molar-refractivity contribution in [1.82, 2.24) is 10.6 Å². The van der Waals surface area contributed by atoms with Crippen molar-refractivity contribution in [3.63, 3.8) is 0 Å². The molecule has 0 bridgehead atoms. The molecule has 1 saturated heterocycles. The Labute approximate surface area is 80.3 Å². The van der Waals surface area contributed by atoms with Crippen molar-refractivity contribution in [2.75, 3.05) is 6.54 Å². The van der Waals surface area contributed by atoms with Crippen LogP contribution in [0.5, 0.6) is 0 Å². The van der Waals surface area contributed by atoms with Crippen LogP contribution in [-0.4, -0.2) is 24.5 Å². The largest absolute Gasteiger partial charge is 0.354 e. The Bertz CT molecular complexity index is 162. The molecule has 0 aromatic carbocycles. The fourth-order valence-corrected chi connectivity index (χ4v) is 1.70. The van der Waals surface area contributed by atoms with Gasteiger partial charge in [-0.3, -0.25) is 4.79 Å². The Morgan fingerprint density at radius 1 is 1.54 bits per heavy atom.